The summed E-state index contributed by atoms with van der Waals surface area (Å²) in [6, 6.07) is 7.93. The number of hydrogen-bond donors (Lipinski definition) is 1. The highest BCUT2D eigenvalue weighted by Gasteiger charge is 2.24. The van der Waals surface area contributed by atoms with E-state index in [1.165, 1.54) is 31.9 Å². The molecule has 1 aliphatic rings. The standard InChI is InChI=1S/C19H19N3O4S2/c1-12(23)14-7-4-8-16(9-14)22-28(24,25)17-10-15(11-27-17)18-20-19(26-21-18)13-5-2-3-6-13/h4,7-11,13,22H,2-3,5-6H2,1H3. The third kappa shape index (κ3) is 3.85. The molecule has 0 radical (unpaired) electrons. The topological polar surface area (TPSA) is 102 Å². The summed E-state index contributed by atoms with van der Waals surface area (Å²) in [5, 5.41) is 5.71. The number of benzene rings is 1. The van der Waals surface area contributed by atoms with E-state index < -0.39 is 10.0 Å². The molecule has 0 aliphatic heterocycles. The Balaban J connectivity index is 1.54. The average molecular weight is 418 g/mol. The molecular weight excluding hydrogens is 398 g/mol. The first-order chi connectivity index (χ1) is 13.4. The lowest BCUT2D eigenvalue weighted by atomic mass is 10.1. The summed E-state index contributed by atoms with van der Waals surface area (Å²) in [6.07, 6.45) is 4.43. The van der Waals surface area contributed by atoms with E-state index in [0.717, 1.165) is 24.2 Å². The van der Waals surface area contributed by atoms with Crippen LogP contribution in [0.4, 0.5) is 5.69 Å². The van der Waals surface area contributed by atoms with Crippen LogP contribution in [0.1, 0.15) is 54.8 Å². The molecule has 0 unspecified atom stereocenters. The largest absolute Gasteiger partial charge is 0.339 e. The molecule has 7 nitrogen and oxygen atoms in total. The number of sulfonamides is 1. The van der Waals surface area contributed by atoms with Crippen molar-refractivity contribution in [2.24, 2.45) is 0 Å². The van der Waals surface area contributed by atoms with E-state index in [4.69, 9.17) is 4.52 Å². The van der Waals surface area contributed by atoms with Crippen molar-refractivity contribution in [1.82, 2.24) is 10.1 Å². The van der Waals surface area contributed by atoms with Gasteiger partial charge < -0.3 is 4.52 Å². The molecule has 0 bridgehead atoms. The first-order valence-electron chi connectivity index (χ1n) is 8.99. The van der Waals surface area contributed by atoms with Gasteiger partial charge in [0.15, 0.2) is 5.78 Å². The van der Waals surface area contributed by atoms with Gasteiger partial charge in [0.2, 0.25) is 11.7 Å². The second kappa shape index (κ2) is 7.48. The van der Waals surface area contributed by atoms with E-state index in [-0.39, 0.29) is 9.99 Å². The van der Waals surface area contributed by atoms with Gasteiger partial charge >= 0.3 is 0 Å². The predicted molar refractivity (Wildman–Crippen MR) is 106 cm³/mol. The SMILES string of the molecule is CC(=O)c1cccc(NS(=O)(=O)c2cc(-c3noc(C4CCCC4)n3)cs2)c1. The molecule has 0 saturated heterocycles. The maximum atomic E-state index is 12.7. The first kappa shape index (κ1) is 18.8. The molecule has 1 aliphatic carbocycles. The summed E-state index contributed by atoms with van der Waals surface area (Å²) < 4.78 is 33.4. The number of carbonyl (C=O) groups excluding carboxylic acids is 1. The van der Waals surface area contributed by atoms with Crippen molar-refractivity contribution in [3.05, 3.63) is 47.2 Å². The Morgan fingerprint density at radius 2 is 2.04 bits per heavy atom. The zero-order valence-corrected chi connectivity index (χ0v) is 16.8. The molecule has 146 valence electrons. The predicted octanol–water partition coefficient (Wildman–Crippen LogP) is 4.46. The zero-order chi connectivity index (χ0) is 19.7. The Bertz CT molecular complexity index is 1110. The minimum atomic E-state index is -3.78. The minimum Gasteiger partial charge on any atom is -0.339 e. The van der Waals surface area contributed by atoms with Crippen LogP contribution in [0, 0.1) is 0 Å². The van der Waals surface area contributed by atoms with Crippen molar-refractivity contribution in [2.75, 3.05) is 4.72 Å². The fourth-order valence-electron chi connectivity index (χ4n) is 3.27. The third-order valence-corrected chi connectivity index (χ3v) is 7.59. The van der Waals surface area contributed by atoms with Crippen molar-refractivity contribution < 1.29 is 17.7 Å². The van der Waals surface area contributed by atoms with E-state index in [2.05, 4.69) is 14.9 Å². The number of anilines is 1. The first-order valence-corrected chi connectivity index (χ1v) is 11.3. The molecule has 0 amide bonds. The van der Waals surface area contributed by atoms with Gasteiger partial charge in [-0.05, 0) is 38.0 Å². The average Bonchev–Trinajstić information content (AvgIpc) is 3.40. The number of nitrogens with one attached hydrogen (secondary N) is 1. The van der Waals surface area contributed by atoms with Crippen LogP contribution in [0.15, 0.2) is 44.4 Å². The second-order valence-corrected chi connectivity index (χ2v) is 9.65. The second-order valence-electron chi connectivity index (χ2n) is 6.83. The summed E-state index contributed by atoms with van der Waals surface area (Å²) >= 11 is 1.08. The monoisotopic (exact) mass is 417 g/mol. The Morgan fingerprint density at radius 1 is 1.25 bits per heavy atom. The van der Waals surface area contributed by atoms with Gasteiger partial charge in [-0.3, -0.25) is 9.52 Å². The molecule has 0 spiro atoms. The maximum Gasteiger partial charge on any atom is 0.271 e. The van der Waals surface area contributed by atoms with Crippen LogP contribution in [0.3, 0.4) is 0 Å². The minimum absolute atomic E-state index is 0.130. The van der Waals surface area contributed by atoms with E-state index in [1.54, 1.807) is 23.6 Å². The molecule has 9 heteroatoms. The number of ketones is 1. The number of rotatable bonds is 6. The van der Waals surface area contributed by atoms with Crippen LogP contribution in [0.5, 0.6) is 0 Å². The summed E-state index contributed by atoms with van der Waals surface area (Å²) in [7, 11) is -3.78. The number of carbonyl (C=O) groups is 1. The lowest BCUT2D eigenvalue weighted by molar-refractivity contribution is 0.101. The van der Waals surface area contributed by atoms with Crippen molar-refractivity contribution in [3.63, 3.8) is 0 Å². The highest BCUT2D eigenvalue weighted by molar-refractivity contribution is 7.94. The molecule has 1 N–H and O–H groups in total. The van der Waals surface area contributed by atoms with Gasteiger partial charge in [0.05, 0.1) is 0 Å². The van der Waals surface area contributed by atoms with Gasteiger partial charge in [-0.25, -0.2) is 8.42 Å². The van der Waals surface area contributed by atoms with Gasteiger partial charge in [0.1, 0.15) is 4.21 Å². The number of aromatic nitrogens is 2. The molecule has 1 aromatic carbocycles. The van der Waals surface area contributed by atoms with Crippen LogP contribution in [-0.4, -0.2) is 24.3 Å². The van der Waals surface area contributed by atoms with Crippen molar-refractivity contribution in [1.29, 1.82) is 0 Å². The molecular formula is C19H19N3O4S2. The van der Waals surface area contributed by atoms with Crippen LogP contribution in [-0.2, 0) is 10.0 Å². The quantitative estimate of drug-likeness (QED) is 0.594. The van der Waals surface area contributed by atoms with E-state index in [1.807, 2.05) is 0 Å². The van der Waals surface area contributed by atoms with Gasteiger partial charge in [-0.2, -0.15) is 4.98 Å². The Morgan fingerprint density at radius 3 is 2.79 bits per heavy atom. The number of thiophene rings is 1. The highest BCUT2D eigenvalue weighted by Crippen LogP contribution is 2.35. The van der Waals surface area contributed by atoms with E-state index >= 15 is 0 Å². The van der Waals surface area contributed by atoms with Crippen LogP contribution >= 0.6 is 11.3 Å². The van der Waals surface area contributed by atoms with Crippen LogP contribution < -0.4 is 4.72 Å². The number of Topliss-reactive ketones (excluding diaryl/α,β-unsaturated/α-hetero) is 1. The van der Waals surface area contributed by atoms with Crippen LogP contribution in [0.2, 0.25) is 0 Å². The molecule has 4 rings (SSSR count). The fourth-order valence-corrected chi connectivity index (χ4v) is 5.48. The van der Waals surface area contributed by atoms with Crippen molar-refractivity contribution in [2.45, 2.75) is 42.7 Å². The summed E-state index contributed by atoms with van der Waals surface area (Å²) in [5.41, 5.74) is 1.39. The summed E-state index contributed by atoms with van der Waals surface area (Å²) in [5.74, 6) is 1.20. The molecule has 2 heterocycles. The zero-order valence-electron chi connectivity index (χ0n) is 15.2. The third-order valence-electron chi connectivity index (χ3n) is 4.77. The Hall–Kier alpha value is -2.52. The Labute approximate surface area is 166 Å². The molecule has 1 fully saturated rings. The van der Waals surface area contributed by atoms with Gasteiger partial charge in [-0.1, -0.05) is 30.1 Å². The number of hydrogen-bond acceptors (Lipinski definition) is 7. The van der Waals surface area contributed by atoms with Crippen molar-refractivity contribution in [3.8, 4) is 11.4 Å². The summed E-state index contributed by atoms with van der Waals surface area (Å²) in [4.78, 5) is 15.9. The molecule has 28 heavy (non-hydrogen) atoms. The normalized spacial score (nSPS) is 15.0. The fraction of sp³-hybridized carbons (Fsp3) is 0.316. The molecule has 3 aromatic rings. The van der Waals surface area contributed by atoms with E-state index in [9.17, 15) is 13.2 Å². The summed E-state index contributed by atoms with van der Waals surface area (Å²) in [6.45, 7) is 1.43. The molecule has 0 atom stereocenters. The van der Waals surface area contributed by atoms with Crippen LogP contribution in [0.25, 0.3) is 11.4 Å². The molecule has 2 aromatic heterocycles. The highest BCUT2D eigenvalue weighted by atomic mass is 32.2. The van der Waals surface area contributed by atoms with E-state index in [0.29, 0.717) is 34.4 Å². The van der Waals surface area contributed by atoms with Gasteiger partial charge in [-0.15, -0.1) is 11.3 Å². The maximum absolute atomic E-state index is 12.7. The van der Waals surface area contributed by atoms with Crippen molar-refractivity contribution >= 4 is 32.8 Å². The smallest absolute Gasteiger partial charge is 0.271 e. The van der Waals surface area contributed by atoms with Gasteiger partial charge in [0.25, 0.3) is 10.0 Å². The lowest BCUT2D eigenvalue weighted by Crippen LogP contribution is -2.11. The lowest BCUT2D eigenvalue weighted by Gasteiger charge is -2.07. The Kier molecular flexibility index (Phi) is 5.03. The van der Waals surface area contributed by atoms with Gasteiger partial charge in [0, 0.05) is 28.1 Å². The number of nitrogens with zero attached hydrogens (tertiary/aromatic N) is 2. The molecule has 1 saturated carbocycles.